The Morgan fingerprint density at radius 1 is 0.681 bits per heavy atom. The van der Waals surface area contributed by atoms with Crippen LogP contribution in [0.15, 0.2) is 97.1 Å². The molecular weight excluding hydrogens is 1500 g/mol. The Kier molecular flexibility index (Phi) is 39.0. The number of nitrogens with zero attached hydrogens (tertiary/aromatic N) is 4. The molecule has 0 bridgehead atoms. The van der Waals surface area contributed by atoms with E-state index in [-0.39, 0.29) is 124 Å². The van der Waals surface area contributed by atoms with Gasteiger partial charge in [0, 0.05) is 89.0 Å². The topological polar surface area (TPSA) is 376 Å². The number of anilines is 2. The van der Waals surface area contributed by atoms with Gasteiger partial charge in [-0.25, -0.2) is 4.79 Å². The first-order valence-corrected chi connectivity index (χ1v) is 40.2. The number of methoxy groups -OCH3 is 2. The fourth-order valence-corrected chi connectivity index (χ4v) is 14.8. The highest BCUT2D eigenvalue weighted by molar-refractivity contribution is 5.95. The predicted octanol–water partition coefficient (Wildman–Crippen LogP) is 7.00. The summed E-state index contributed by atoms with van der Waals surface area (Å²) in [4.78, 5) is 129. The van der Waals surface area contributed by atoms with Crippen LogP contribution in [0.4, 0.5) is 16.2 Å². The molecule has 3 aliphatic rings. The van der Waals surface area contributed by atoms with E-state index in [1.807, 2.05) is 94.4 Å². The zero-order chi connectivity index (χ0) is 84.5. The monoisotopic (exact) mass is 1620 g/mol. The van der Waals surface area contributed by atoms with Crippen LogP contribution in [0, 0.1) is 41.4 Å². The van der Waals surface area contributed by atoms with Crippen LogP contribution >= 0.6 is 0 Å². The standard InChI is InChI=1S/C86H121N7O23/c1-13-56(6)76(70(107-11)50-74(99)92-39-23-30-67(92)81(108-12)57(7)82(104)88-58(8)77(100)61-26-15-14-16-27-61)90(9)83(105)65(54(2)3)49-68(95)75(55(4)5)91(10)86(106)113-52-63-48-64(35-36-69(63)115-85-80(103)78(101)79(102)84(116-85)114-53-94)89-72(97)37-40-109-42-44-111-46-47-112-45-43-110-41-38-87-71(96)31-21-22-32-73(98)93-51-62-28-18-17-24-59(62)33-34-60-25-19-20-29-66(60)93/h14-20,24-29,35-36,48,53-58,65,67,70,75-81,84-85,100-103H,13,21-23,30-32,37-47,49-52H2,1-12H3,(H,87,96)(H,88,104)(H,89,97)/t56-,57+,58+,65-,67-,70+,75-,76-,77+,78-,79-,80?,81+,84?,85+/m0/s1. The first-order valence-electron chi connectivity index (χ1n) is 40.2. The van der Waals surface area contributed by atoms with Gasteiger partial charge in [0.1, 0.15) is 30.7 Å². The molecule has 638 valence electrons. The number of unbranched alkanes of at least 4 members (excludes halogenated alkanes) is 1. The largest absolute Gasteiger partial charge is 0.461 e. The SMILES string of the molecule is CC[C@H](C)[C@@H]([C@@H](CC(=O)N1CCC[C@H]1[C@H](OC)[C@@H](C)C(=O)N[C@H](C)[C@@H](O)c1ccccc1)OC)N(C)C(=O)[C@@H](CC(=O)[C@H](C(C)C)N(C)C(=O)OCc1cc(NC(=O)CCOCCOCCOCCOCCNC(=O)CCCCC(=O)N2Cc3ccccc3C#Cc3ccccc32)ccc1O[C@@H]1OC(OC=O)[C@@H](O)[C@H](O)C1O)C(C)C. The van der Waals surface area contributed by atoms with Gasteiger partial charge < -0.3 is 98.6 Å². The van der Waals surface area contributed by atoms with Crippen molar-refractivity contribution in [3.8, 4) is 17.6 Å². The number of likely N-dealkylation sites (tertiary alicyclic amines) is 1. The molecule has 4 aromatic rings. The van der Waals surface area contributed by atoms with Crippen molar-refractivity contribution in [2.45, 2.75) is 206 Å². The number of ether oxygens (including phenoxy) is 10. The number of nitrogens with one attached hydrogen (secondary N) is 3. The van der Waals surface area contributed by atoms with Crippen molar-refractivity contribution in [2.75, 3.05) is 104 Å². The molecule has 2 saturated heterocycles. The van der Waals surface area contributed by atoms with Gasteiger partial charge in [0.2, 0.25) is 48.0 Å². The Bertz CT molecular complexity index is 3880. The highest BCUT2D eigenvalue weighted by Crippen LogP contribution is 2.35. The van der Waals surface area contributed by atoms with E-state index in [0.717, 1.165) is 27.3 Å². The summed E-state index contributed by atoms with van der Waals surface area (Å²) < 4.78 is 56.7. The van der Waals surface area contributed by atoms with Gasteiger partial charge in [-0.15, -0.1) is 0 Å². The van der Waals surface area contributed by atoms with Gasteiger partial charge >= 0.3 is 6.09 Å². The number of carbonyl (C=O) groups excluding carboxylic acids is 9. The lowest BCUT2D eigenvalue weighted by Crippen LogP contribution is -2.59. The lowest BCUT2D eigenvalue weighted by molar-refractivity contribution is -0.321. The van der Waals surface area contributed by atoms with E-state index in [4.69, 9.17) is 47.4 Å². The number of aliphatic hydroxyl groups excluding tert-OH is 4. The average molecular weight is 1620 g/mol. The molecule has 0 aliphatic carbocycles. The van der Waals surface area contributed by atoms with Crippen molar-refractivity contribution in [2.24, 2.45) is 29.6 Å². The first kappa shape index (κ1) is 94.2. The van der Waals surface area contributed by atoms with E-state index in [0.29, 0.717) is 83.5 Å². The molecule has 3 heterocycles. The predicted molar refractivity (Wildman–Crippen MR) is 429 cm³/mol. The highest BCUT2D eigenvalue weighted by Gasteiger charge is 2.48. The maximum Gasteiger partial charge on any atom is 0.410 e. The van der Waals surface area contributed by atoms with Gasteiger partial charge in [0.15, 0.2) is 5.78 Å². The minimum absolute atomic E-state index is 0.0125. The van der Waals surface area contributed by atoms with E-state index in [1.54, 1.807) is 61.6 Å². The Morgan fingerprint density at radius 3 is 1.97 bits per heavy atom. The third-order valence-electron chi connectivity index (χ3n) is 21.5. The zero-order valence-electron chi connectivity index (χ0n) is 69.0. The van der Waals surface area contributed by atoms with Crippen molar-refractivity contribution < 1.29 is 111 Å². The van der Waals surface area contributed by atoms with Crippen molar-refractivity contribution >= 4 is 65.2 Å². The van der Waals surface area contributed by atoms with Gasteiger partial charge in [0.05, 0.1) is 126 Å². The lowest BCUT2D eigenvalue weighted by atomic mass is 9.83. The van der Waals surface area contributed by atoms with E-state index >= 15 is 4.79 Å². The maximum atomic E-state index is 15.0. The quantitative estimate of drug-likeness (QED) is 0.0133. The van der Waals surface area contributed by atoms with Crippen molar-refractivity contribution in [1.82, 2.24) is 25.3 Å². The Hall–Kier alpha value is -8.97. The molecule has 0 aromatic heterocycles. The van der Waals surface area contributed by atoms with Gasteiger partial charge in [-0.05, 0) is 97.9 Å². The number of amides is 7. The zero-order valence-corrected chi connectivity index (χ0v) is 69.0. The van der Waals surface area contributed by atoms with Crippen molar-refractivity contribution in [3.63, 3.8) is 0 Å². The summed E-state index contributed by atoms with van der Waals surface area (Å²) in [6.07, 6.45) is -9.55. The molecule has 7 N–H and O–H groups in total. The van der Waals surface area contributed by atoms with Crippen LogP contribution in [0.25, 0.3) is 0 Å². The molecule has 0 radical (unpaired) electrons. The van der Waals surface area contributed by atoms with Crippen LogP contribution in [0.5, 0.6) is 5.75 Å². The fourth-order valence-electron chi connectivity index (χ4n) is 14.8. The molecule has 4 aromatic carbocycles. The maximum absolute atomic E-state index is 15.0. The minimum atomic E-state index is -1.91. The second kappa shape index (κ2) is 48.0. The number of likely N-dealkylation sites (N-methyl/N-ethyl adjacent to an activating group) is 2. The molecule has 0 spiro atoms. The van der Waals surface area contributed by atoms with E-state index < -0.39 is 116 Å². The molecule has 116 heavy (non-hydrogen) atoms. The summed E-state index contributed by atoms with van der Waals surface area (Å²) in [6.45, 7) is 16.9. The van der Waals surface area contributed by atoms with Crippen LogP contribution in [-0.4, -0.2) is 250 Å². The highest BCUT2D eigenvalue weighted by atomic mass is 16.8. The summed E-state index contributed by atoms with van der Waals surface area (Å²) in [5.41, 5.74) is 4.38. The second-order valence-corrected chi connectivity index (χ2v) is 30.3. The van der Waals surface area contributed by atoms with Crippen molar-refractivity contribution in [3.05, 3.63) is 125 Å². The van der Waals surface area contributed by atoms with E-state index in [9.17, 15) is 58.8 Å². The molecule has 7 rings (SSSR count). The summed E-state index contributed by atoms with van der Waals surface area (Å²) >= 11 is 0. The van der Waals surface area contributed by atoms with Crippen molar-refractivity contribution in [1.29, 1.82) is 0 Å². The lowest BCUT2D eigenvalue weighted by Gasteiger charge is -2.41. The number of fused-ring (bicyclic) bond motifs is 2. The van der Waals surface area contributed by atoms with Gasteiger partial charge in [-0.3, -0.25) is 43.1 Å². The first-order chi connectivity index (χ1) is 55.6. The number of ketones is 1. The average Bonchev–Trinajstić information content (AvgIpc) is 1.06. The number of rotatable bonds is 48. The second-order valence-electron chi connectivity index (χ2n) is 30.3. The fraction of sp³-hybridized carbons (Fsp3) is 0.593. The number of hydrogen-bond acceptors (Lipinski definition) is 23. The number of benzene rings is 4. The van der Waals surface area contributed by atoms with Gasteiger partial charge in [0.25, 0.3) is 6.47 Å². The van der Waals surface area contributed by atoms with Crippen LogP contribution in [-0.2, 0) is 94.1 Å². The van der Waals surface area contributed by atoms with Crippen LogP contribution in [0.1, 0.15) is 154 Å². The van der Waals surface area contributed by atoms with Gasteiger partial charge in [-0.2, -0.15) is 0 Å². The smallest absolute Gasteiger partial charge is 0.410 e. The van der Waals surface area contributed by atoms with Crippen LogP contribution in [0.3, 0.4) is 0 Å². The van der Waals surface area contributed by atoms with E-state index in [1.165, 1.54) is 39.5 Å². The summed E-state index contributed by atoms with van der Waals surface area (Å²) in [5, 5.41) is 51.6. The number of hydrogen-bond donors (Lipinski definition) is 7. The summed E-state index contributed by atoms with van der Waals surface area (Å²) in [5.74, 6) is 1.62. The Balaban J connectivity index is 0.851. The minimum Gasteiger partial charge on any atom is -0.461 e. The molecule has 15 atom stereocenters. The summed E-state index contributed by atoms with van der Waals surface area (Å²) in [6, 6.07) is 25.8. The third kappa shape index (κ3) is 27.3. The molecule has 30 nitrogen and oxygen atoms in total. The number of aliphatic hydroxyl groups is 4. The third-order valence-corrected chi connectivity index (χ3v) is 21.5. The Labute approximate surface area is 681 Å². The number of Topliss-reactive ketones (excluding diaryl/α,β-unsaturated/α-hetero) is 1. The number of para-hydroxylation sites is 1. The van der Waals surface area contributed by atoms with E-state index in [2.05, 4.69) is 27.8 Å². The van der Waals surface area contributed by atoms with Gasteiger partial charge in [-0.1, -0.05) is 127 Å². The molecule has 30 heteroatoms. The Morgan fingerprint density at radius 2 is 1.31 bits per heavy atom. The number of carbonyl (C=O) groups is 9. The molecule has 0 saturated carbocycles. The molecule has 7 amide bonds. The summed E-state index contributed by atoms with van der Waals surface area (Å²) in [7, 11) is 6.03. The molecule has 2 unspecified atom stereocenters. The molecule has 2 fully saturated rings. The molecular formula is C86H121N7O23. The van der Waals surface area contributed by atoms with Crippen LogP contribution < -0.4 is 25.6 Å². The normalized spacial score (nSPS) is 19.5. The van der Waals surface area contributed by atoms with Crippen LogP contribution in [0.2, 0.25) is 0 Å². The molecule has 3 aliphatic heterocycles.